The molecule has 1 rings (SSSR count). The van der Waals surface area contributed by atoms with Crippen LogP contribution in [0.5, 0.6) is 5.75 Å². The molecule has 2 nitrogen and oxygen atoms in total. The lowest BCUT2D eigenvalue weighted by atomic mass is 10.4. The number of hydrogen-bond donors (Lipinski definition) is 1. The monoisotopic (exact) mass is 174 g/mol. The van der Waals surface area contributed by atoms with E-state index in [4.69, 9.17) is 5.11 Å². The van der Waals surface area contributed by atoms with Gasteiger partial charge in [0.05, 0.1) is 0 Å². The fourth-order valence-electron chi connectivity index (χ4n) is 0.799. The Labute approximate surface area is 71.2 Å². The number of benzene rings is 1. The van der Waals surface area contributed by atoms with Crippen molar-refractivity contribution in [3.8, 4) is 5.75 Å². The first kappa shape index (κ1) is 8.53. The Morgan fingerprint density at radius 3 is 2.42 bits per heavy atom. The van der Waals surface area contributed by atoms with E-state index >= 15 is 0 Å². The fraction of sp³-hybridized carbons (Fsp3) is 0.100. The van der Waals surface area contributed by atoms with Crippen molar-refractivity contribution >= 4 is 11.9 Å². The first-order chi connectivity index (χ1) is 5.68. The second kappa shape index (κ2) is 3.72. The molecule has 0 bridgehead atoms. The van der Waals surface area contributed by atoms with E-state index in [0.717, 1.165) is 5.56 Å². The Bertz CT molecular complexity index is 296. The summed E-state index contributed by atoms with van der Waals surface area (Å²) in [4.78, 5) is 10.5. The number of aromatic hydroxyl groups is 1. The number of hydrogen-bond acceptors (Lipinski definition) is 2. The second-order valence-electron chi connectivity index (χ2n) is 2.54. The van der Waals surface area contributed by atoms with Gasteiger partial charge in [-0.25, -0.2) is 0 Å². The lowest BCUT2D eigenvalue weighted by molar-refractivity contribution is -0.112. The first-order valence-electron chi connectivity index (χ1n) is 3.66. The summed E-state index contributed by atoms with van der Waals surface area (Å²) in [6.07, 6.45) is 3.20. The summed E-state index contributed by atoms with van der Waals surface area (Å²) in [6, 6.07) is 6.66. The van der Waals surface area contributed by atoms with E-state index in [9.17, 15) is 4.79 Å². The maximum Gasteiger partial charge on any atom is 0.152 e. The zero-order valence-corrected chi connectivity index (χ0v) is 6.82. The van der Waals surface area contributed by atoms with Gasteiger partial charge in [0, 0.05) is 0 Å². The van der Waals surface area contributed by atoms with Crippen LogP contribution in [0, 0.1) is 0 Å². The van der Waals surface area contributed by atoms with E-state index in [2.05, 4.69) is 0 Å². The number of allylic oxidation sites excluding steroid dienone is 1. The summed E-state index contributed by atoms with van der Waals surface area (Å²) in [5.41, 5.74) is 0.906. The number of carbonyl (C=O) groups excluding carboxylic acids is 1. The molecule has 0 aliphatic rings. The van der Waals surface area contributed by atoms with Crippen LogP contribution in [0.1, 0.15) is 12.5 Å². The van der Waals surface area contributed by atoms with Crippen LogP contribution in [0.25, 0.3) is 6.08 Å². The third kappa shape index (κ3) is 2.58. The average molecular weight is 174 g/mol. The lowest BCUT2D eigenvalue weighted by Crippen LogP contribution is -1.79. The SMILES string of the molecule is CC(=O)/C=C/[14c]1[14cH][14cH][14c](O)[14cH][14cH]1. The van der Waals surface area contributed by atoms with E-state index in [-0.39, 0.29) is 11.5 Å². The standard InChI is InChI=1S/C10H10O2/c1-8(11)2-3-9-4-6-10(12)7-5-9/h2-7,12H,1H3/b3-2+/i4+2,5+2,6+2,7+2,9+2,10+2. The molecule has 1 N–H and O–H groups in total. The first-order valence-corrected chi connectivity index (χ1v) is 3.66. The highest BCUT2D eigenvalue weighted by Crippen LogP contribution is 2.10. The predicted molar refractivity (Wildman–Crippen MR) is 47.8 cm³/mol. The van der Waals surface area contributed by atoms with Gasteiger partial charge < -0.3 is 5.11 Å². The molecular weight excluding hydrogens is 164 g/mol. The van der Waals surface area contributed by atoms with Crippen molar-refractivity contribution in [3.63, 3.8) is 0 Å². The molecule has 0 fully saturated rings. The van der Waals surface area contributed by atoms with Gasteiger partial charge in [-0.15, -0.1) is 0 Å². The highest BCUT2D eigenvalue weighted by atomic mass is 16.5. The van der Waals surface area contributed by atoms with Crippen LogP contribution in [-0.2, 0) is 4.79 Å². The van der Waals surface area contributed by atoms with Crippen LogP contribution >= 0.6 is 0 Å². The predicted octanol–water partition coefficient (Wildman–Crippen LogP) is 1.99. The maximum absolute atomic E-state index is 10.5. The zero-order chi connectivity index (χ0) is 8.97. The Kier molecular flexibility index (Phi) is 2.64. The lowest BCUT2D eigenvalue weighted by Gasteiger charge is -1.92. The van der Waals surface area contributed by atoms with Crippen LogP contribution in [0.15, 0.2) is 30.3 Å². The molecule has 2 heteroatoms. The van der Waals surface area contributed by atoms with Crippen molar-refractivity contribution < 1.29 is 9.90 Å². The Morgan fingerprint density at radius 2 is 1.92 bits per heavy atom. The van der Waals surface area contributed by atoms with Gasteiger partial charge in [-0.2, -0.15) is 0 Å². The molecule has 62 valence electrons. The van der Waals surface area contributed by atoms with Gasteiger partial charge in [-0.1, -0.05) is 18.2 Å². The van der Waals surface area contributed by atoms with Crippen molar-refractivity contribution in [2.75, 3.05) is 0 Å². The molecule has 0 saturated carbocycles. The average Bonchev–Trinajstić information content (AvgIpc) is 2.03. The summed E-state index contributed by atoms with van der Waals surface area (Å²) in [6.45, 7) is 1.50. The molecule has 0 amide bonds. The van der Waals surface area contributed by atoms with Gasteiger partial charge in [0.25, 0.3) is 0 Å². The van der Waals surface area contributed by atoms with Crippen molar-refractivity contribution in [1.82, 2.24) is 0 Å². The molecule has 0 saturated heterocycles. The summed E-state index contributed by atoms with van der Waals surface area (Å²) >= 11 is 0. The molecule has 0 aliphatic carbocycles. The Morgan fingerprint density at radius 1 is 1.33 bits per heavy atom. The fourth-order valence-corrected chi connectivity index (χ4v) is 0.799. The minimum atomic E-state index is 0.0167. The van der Waals surface area contributed by atoms with Gasteiger partial charge in [-0.05, 0) is 30.7 Å². The maximum atomic E-state index is 10.5. The van der Waals surface area contributed by atoms with Gasteiger partial charge in [0.15, 0.2) is 5.78 Å². The molecule has 0 unspecified atom stereocenters. The Hall–Kier alpha value is -1.57. The van der Waals surface area contributed by atoms with Gasteiger partial charge in [-0.3, -0.25) is 4.79 Å². The topological polar surface area (TPSA) is 37.3 Å². The van der Waals surface area contributed by atoms with Crippen molar-refractivity contribution in [2.45, 2.75) is 6.92 Å². The Balaban J connectivity index is 2.77. The van der Waals surface area contributed by atoms with E-state index < -0.39 is 0 Å². The van der Waals surface area contributed by atoms with E-state index in [1.165, 1.54) is 13.0 Å². The zero-order valence-electron chi connectivity index (χ0n) is 6.82. The number of phenols is 1. The van der Waals surface area contributed by atoms with Crippen molar-refractivity contribution in [2.24, 2.45) is 0 Å². The summed E-state index contributed by atoms with van der Waals surface area (Å²) in [5.74, 6) is 0.248. The van der Waals surface area contributed by atoms with Crippen molar-refractivity contribution in [3.05, 3.63) is 35.9 Å². The molecule has 0 atom stereocenters. The molecule has 0 aliphatic heterocycles. The molecule has 12 heavy (non-hydrogen) atoms. The van der Waals surface area contributed by atoms with E-state index in [1.807, 2.05) is 0 Å². The third-order valence-corrected chi connectivity index (χ3v) is 1.40. The van der Waals surface area contributed by atoms with Crippen LogP contribution in [0.3, 0.4) is 0 Å². The third-order valence-electron chi connectivity index (χ3n) is 1.40. The molecule has 0 aromatic heterocycles. The minimum absolute atomic E-state index is 0.0167. The van der Waals surface area contributed by atoms with E-state index in [0.29, 0.717) is 0 Å². The van der Waals surface area contributed by atoms with Crippen molar-refractivity contribution in [1.29, 1.82) is 0 Å². The molecular formula is C10H10O2. The van der Waals surface area contributed by atoms with Gasteiger partial charge in [0.1, 0.15) is 5.75 Å². The molecule has 0 heterocycles. The quantitative estimate of drug-likeness (QED) is 0.696. The van der Waals surface area contributed by atoms with Crippen LogP contribution < -0.4 is 0 Å². The largest absolute Gasteiger partial charge is 0.508 e. The number of ketones is 1. The van der Waals surface area contributed by atoms with Gasteiger partial charge in [0.2, 0.25) is 0 Å². The smallest absolute Gasteiger partial charge is 0.152 e. The summed E-state index contributed by atoms with van der Waals surface area (Å²) in [7, 11) is 0. The number of carbonyl (C=O) groups is 1. The number of rotatable bonds is 2. The summed E-state index contributed by atoms with van der Waals surface area (Å²) in [5, 5.41) is 8.94. The van der Waals surface area contributed by atoms with Crippen LogP contribution in [0.4, 0.5) is 0 Å². The van der Waals surface area contributed by atoms with Crippen LogP contribution in [-0.4, -0.2) is 10.9 Å². The second-order valence-corrected chi connectivity index (χ2v) is 2.54. The number of phenolic OH excluding ortho intramolecular Hbond substituents is 1. The van der Waals surface area contributed by atoms with Crippen LogP contribution in [0.2, 0.25) is 0 Å². The highest BCUT2D eigenvalue weighted by molar-refractivity contribution is 5.91. The van der Waals surface area contributed by atoms with E-state index in [1.54, 1.807) is 30.3 Å². The molecule has 0 spiro atoms. The van der Waals surface area contributed by atoms with Gasteiger partial charge >= 0.3 is 0 Å². The molecule has 1 aromatic carbocycles. The summed E-state index contributed by atoms with van der Waals surface area (Å²) < 4.78 is 0. The molecule has 0 radical (unpaired) electrons. The highest BCUT2D eigenvalue weighted by Gasteiger charge is 1.88. The minimum Gasteiger partial charge on any atom is -0.508 e. The molecule has 1 aromatic rings. The normalized spacial score (nSPS) is 10.4.